The standard InChI is InChI=1S/C13H16Cl3NO3S/c1-4-17(7-8(2)3)13(18)9-5-12(21(16,19)20)11(15)6-10(9)14/h5-6,8H,4,7H2,1-3H3. The topological polar surface area (TPSA) is 54.5 Å². The molecule has 0 aliphatic carbocycles. The van der Waals surface area contributed by atoms with Gasteiger partial charge in [-0.05, 0) is 25.0 Å². The van der Waals surface area contributed by atoms with E-state index in [1.807, 2.05) is 20.8 Å². The molecule has 0 N–H and O–H groups in total. The summed E-state index contributed by atoms with van der Waals surface area (Å²) >= 11 is 11.8. The molecular weight excluding hydrogens is 357 g/mol. The SMILES string of the molecule is CCN(CC(C)C)C(=O)c1cc(S(=O)(=O)Cl)c(Cl)cc1Cl. The summed E-state index contributed by atoms with van der Waals surface area (Å²) in [7, 11) is 1.26. The predicted octanol–water partition coefficient (Wildman–Crippen LogP) is 4.04. The van der Waals surface area contributed by atoms with Crippen LogP contribution in [0.1, 0.15) is 31.1 Å². The van der Waals surface area contributed by atoms with Crippen LogP contribution in [0.25, 0.3) is 0 Å². The Bertz CT molecular complexity index is 644. The zero-order valence-corrected chi connectivity index (χ0v) is 14.9. The number of benzene rings is 1. The van der Waals surface area contributed by atoms with Crippen LogP contribution in [0.4, 0.5) is 0 Å². The number of hydrogen-bond acceptors (Lipinski definition) is 3. The number of amides is 1. The summed E-state index contributed by atoms with van der Waals surface area (Å²) in [4.78, 5) is 13.8. The van der Waals surface area contributed by atoms with Gasteiger partial charge in [0.15, 0.2) is 0 Å². The molecule has 4 nitrogen and oxygen atoms in total. The van der Waals surface area contributed by atoms with Crippen molar-refractivity contribution < 1.29 is 13.2 Å². The van der Waals surface area contributed by atoms with E-state index < -0.39 is 9.05 Å². The maximum absolute atomic E-state index is 12.5. The molecule has 0 atom stereocenters. The lowest BCUT2D eigenvalue weighted by Crippen LogP contribution is -2.34. The van der Waals surface area contributed by atoms with E-state index in [9.17, 15) is 13.2 Å². The van der Waals surface area contributed by atoms with Gasteiger partial charge in [0.25, 0.3) is 15.0 Å². The highest BCUT2D eigenvalue weighted by Gasteiger charge is 2.23. The Morgan fingerprint density at radius 1 is 1.24 bits per heavy atom. The van der Waals surface area contributed by atoms with E-state index in [4.69, 9.17) is 33.9 Å². The second-order valence-corrected chi connectivity index (χ2v) is 8.29. The van der Waals surface area contributed by atoms with E-state index in [1.54, 1.807) is 4.90 Å². The van der Waals surface area contributed by atoms with Crippen molar-refractivity contribution in [3.8, 4) is 0 Å². The van der Waals surface area contributed by atoms with Gasteiger partial charge in [0.2, 0.25) is 0 Å². The van der Waals surface area contributed by atoms with Crippen molar-refractivity contribution in [2.75, 3.05) is 13.1 Å². The minimum atomic E-state index is -4.05. The molecule has 0 bridgehead atoms. The van der Waals surface area contributed by atoms with Gasteiger partial charge in [-0.2, -0.15) is 0 Å². The molecule has 0 radical (unpaired) electrons. The molecule has 0 aliphatic rings. The Hall–Kier alpha value is -0.490. The van der Waals surface area contributed by atoms with E-state index >= 15 is 0 Å². The highest BCUT2D eigenvalue weighted by atomic mass is 35.7. The summed E-state index contributed by atoms with van der Waals surface area (Å²) in [5.74, 6) is -0.0781. The molecule has 0 aromatic heterocycles. The zero-order valence-electron chi connectivity index (χ0n) is 11.9. The third-order valence-corrected chi connectivity index (χ3v) is 4.87. The molecule has 1 amide bonds. The number of carbonyl (C=O) groups is 1. The Labute approximate surface area is 139 Å². The molecule has 8 heteroatoms. The average Bonchev–Trinajstić information content (AvgIpc) is 2.33. The maximum Gasteiger partial charge on any atom is 0.262 e. The summed E-state index contributed by atoms with van der Waals surface area (Å²) in [6.07, 6.45) is 0. The van der Waals surface area contributed by atoms with Crippen LogP contribution in [0.2, 0.25) is 10.0 Å². The first-order valence-electron chi connectivity index (χ1n) is 6.30. The molecule has 1 aromatic carbocycles. The van der Waals surface area contributed by atoms with Crippen LogP contribution in [-0.2, 0) is 9.05 Å². The van der Waals surface area contributed by atoms with Gasteiger partial charge in [-0.1, -0.05) is 37.0 Å². The van der Waals surface area contributed by atoms with Crippen molar-refractivity contribution in [3.05, 3.63) is 27.7 Å². The fourth-order valence-corrected chi connectivity index (χ4v) is 3.67. The Kier molecular flexibility index (Phi) is 6.35. The first kappa shape index (κ1) is 18.6. The van der Waals surface area contributed by atoms with Gasteiger partial charge in [-0.3, -0.25) is 4.79 Å². The van der Waals surface area contributed by atoms with E-state index in [0.717, 1.165) is 6.07 Å². The van der Waals surface area contributed by atoms with E-state index in [2.05, 4.69) is 0 Å². The molecule has 1 rings (SSSR count). The van der Waals surface area contributed by atoms with Crippen LogP contribution in [0.15, 0.2) is 17.0 Å². The molecule has 0 spiro atoms. The van der Waals surface area contributed by atoms with Gasteiger partial charge < -0.3 is 4.90 Å². The lowest BCUT2D eigenvalue weighted by Gasteiger charge is -2.23. The normalized spacial score (nSPS) is 11.8. The zero-order chi connectivity index (χ0) is 16.4. The van der Waals surface area contributed by atoms with Crippen LogP contribution in [0, 0.1) is 5.92 Å². The molecule has 0 unspecified atom stereocenters. The van der Waals surface area contributed by atoms with Crippen molar-refractivity contribution in [2.45, 2.75) is 25.7 Å². The fourth-order valence-electron chi connectivity index (χ4n) is 1.85. The van der Waals surface area contributed by atoms with Gasteiger partial charge in [0, 0.05) is 23.8 Å². The average molecular weight is 373 g/mol. The maximum atomic E-state index is 12.5. The van der Waals surface area contributed by atoms with Gasteiger partial charge in [-0.15, -0.1) is 0 Å². The second kappa shape index (κ2) is 7.18. The summed E-state index contributed by atoms with van der Waals surface area (Å²) in [5, 5.41) is -0.0188. The Morgan fingerprint density at radius 3 is 2.24 bits per heavy atom. The van der Waals surface area contributed by atoms with E-state index in [-0.39, 0.29) is 32.3 Å². The summed E-state index contributed by atoms with van der Waals surface area (Å²) in [6.45, 7) is 6.82. The van der Waals surface area contributed by atoms with Gasteiger partial charge in [0.1, 0.15) is 4.90 Å². The quantitative estimate of drug-likeness (QED) is 0.733. The number of carbonyl (C=O) groups excluding carboxylic acids is 1. The number of halogens is 3. The number of rotatable bonds is 5. The predicted molar refractivity (Wildman–Crippen MR) is 85.9 cm³/mol. The van der Waals surface area contributed by atoms with Crippen molar-refractivity contribution in [1.82, 2.24) is 4.90 Å². The minimum absolute atomic E-state index is 0.0720. The van der Waals surface area contributed by atoms with Crippen molar-refractivity contribution >= 4 is 48.8 Å². The van der Waals surface area contributed by atoms with Gasteiger partial charge in [0.05, 0.1) is 15.6 Å². The van der Waals surface area contributed by atoms with Crippen molar-refractivity contribution in [2.24, 2.45) is 5.92 Å². The molecule has 0 heterocycles. The van der Waals surface area contributed by atoms with E-state index in [0.29, 0.717) is 13.1 Å². The largest absolute Gasteiger partial charge is 0.339 e. The molecule has 1 aromatic rings. The van der Waals surface area contributed by atoms with Crippen LogP contribution >= 0.6 is 33.9 Å². The molecule has 0 fully saturated rings. The second-order valence-electron chi connectivity index (χ2n) is 4.94. The highest BCUT2D eigenvalue weighted by molar-refractivity contribution is 8.13. The third-order valence-electron chi connectivity index (χ3n) is 2.77. The molecule has 0 aliphatic heterocycles. The van der Waals surface area contributed by atoms with Crippen molar-refractivity contribution in [3.63, 3.8) is 0 Å². The van der Waals surface area contributed by atoms with Crippen LogP contribution in [-0.4, -0.2) is 32.3 Å². The summed E-state index contributed by atoms with van der Waals surface area (Å²) in [5.41, 5.74) is 0.0720. The molecule has 0 saturated carbocycles. The third kappa shape index (κ3) is 4.74. The molecule has 0 saturated heterocycles. The lowest BCUT2D eigenvalue weighted by molar-refractivity contribution is 0.0745. The Morgan fingerprint density at radius 2 is 1.81 bits per heavy atom. The van der Waals surface area contributed by atoms with Crippen LogP contribution < -0.4 is 0 Å². The summed E-state index contributed by atoms with van der Waals surface area (Å²) in [6, 6.07) is 2.34. The van der Waals surface area contributed by atoms with Crippen molar-refractivity contribution in [1.29, 1.82) is 0 Å². The number of nitrogens with zero attached hydrogens (tertiary/aromatic N) is 1. The molecular formula is C13H16Cl3NO3S. The first-order valence-corrected chi connectivity index (χ1v) is 9.37. The van der Waals surface area contributed by atoms with Gasteiger partial charge >= 0.3 is 0 Å². The summed E-state index contributed by atoms with van der Waals surface area (Å²) < 4.78 is 22.9. The monoisotopic (exact) mass is 371 g/mol. The van der Waals surface area contributed by atoms with Crippen LogP contribution in [0.5, 0.6) is 0 Å². The van der Waals surface area contributed by atoms with Crippen LogP contribution in [0.3, 0.4) is 0 Å². The fraction of sp³-hybridized carbons (Fsp3) is 0.462. The van der Waals surface area contributed by atoms with Gasteiger partial charge in [-0.25, -0.2) is 8.42 Å². The Balaban J connectivity index is 3.33. The lowest BCUT2D eigenvalue weighted by atomic mass is 10.1. The smallest absolute Gasteiger partial charge is 0.262 e. The number of hydrogen-bond donors (Lipinski definition) is 0. The highest BCUT2D eigenvalue weighted by Crippen LogP contribution is 2.31. The van der Waals surface area contributed by atoms with E-state index in [1.165, 1.54) is 6.07 Å². The minimum Gasteiger partial charge on any atom is -0.339 e. The first-order chi connectivity index (χ1) is 9.57. The molecule has 118 valence electrons. The molecule has 21 heavy (non-hydrogen) atoms.